The van der Waals surface area contributed by atoms with Crippen LogP contribution in [0.1, 0.15) is 25.7 Å². The summed E-state index contributed by atoms with van der Waals surface area (Å²) in [5, 5.41) is 18.6. The van der Waals surface area contributed by atoms with Gasteiger partial charge in [0.15, 0.2) is 5.84 Å². The summed E-state index contributed by atoms with van der Waals surface area (Å²) in [5.74, 6) is 0.736. The molecule has 6 nitrogen and oxygen atoms in total. The summed E-state index contributed by atoms with van der Waals surface area (Å²) >= 11 is 0. The van der Waals surface area contributed by atoms with E-state index in [0.29, 0.717) is 0 Å². The lowest BCUT2D eigenvalue weighted by atomic mass is 10.2. The zero-order valence-electron chi connectivity index (χ0n) is 9.47. The highest BCUT2D eigenvalue weighted by Gasteiger charge is 2.14. The van der Waals surface area contributed by atoms with Crippen molar-refractivity contribution in [3.05, 3.63) is 0 Å². The Kier molecular flexibility index (Phi) is 7.07. The maximum Gasteiger partial charge on any atom is 0.155 e. The van der Waals surface area contributed by atoms with Crippen LogP contribution in [0.4, 0.5) is 0 Å². The monoisotopic (exact) mass is 232 g/mol. The summed E-state index contributed by atoms with van der Waals surface area (Å²) < 4.78 is 0. The molecule has 0 amide bonds. The third-order valence-corrected chi connectivity index (χ3v) is 2.16. The molecule has 0 bridgehead atoms. The van der Waals surface area contributed by atoms with E-state index in [0.717, 1.165) is 38.1 Å². The largest absolute Gasteiger partial charge is 0.394 e. The van der Waals surface area contributed by atoms with Gasteiger partial charge in [-0.25, -0.2) is 9.68 Å². The van der Waals surface area contributed by atoms with Crippen LogP contribution in [0, 0.1) is 0 Å². The van der Waals surface area contributed by atoms with Gasteiger partial charge >= 0.3 is 0 Å². The van der Waals surface area contributed by atoms with E-state index in [-0.39, 0.29) is 26.4 Å². The Morgan fingerprint density at radius 2 is 1.75 bits per heavy atom. The van der Waals surface area contributed by atoms with Gasteiger partial charge in [0.05, 0.1) is 13.2 Å². The van der Waals surface area contributed by atoms with Gasteiger partial charge in [0.2, 0.25) is 0 Å². The molecule has 16 heavy (non-hydrogen) atoms. The predicted molar refractivity (Wildman–Crippen MR) is 58.7 cm³/mol. The van der Waals surface area contributed by atoms with Crippen LogP contribution in [-0.2, 0) is 9.68 Å². The lowest BCUT2D eigenvalue weighted by molar-refractivity contribution is -0.322. The molecule has 1 rings (SSSR count). The van der Waals surface area contributed by atoms with E-state index in [1.54, 1.807) is 0 Å². The Morgan fingerprint density at radius 1 is 1.06 bits per heavy atom. The molecule has 0 radical (unpaired) electrons. The predicted octanol–water partition coefficient (Wildman–Crippen LogP) is 0.109. The van der Waals surface area contributed by atoms with Crippen molar-refractivity contribution in [2.75, 3.05) is 33.0 Å². The maximum atomic E-state index is 8.70. The van der Waals surface area contributed by atoms with Crippen LogP contribution in [0.3, 0.4) is 0 Å². The second kappa shape index (κ2) is 8.46. The Hall–Kier alpha value is -0.690. The number of hydrogen-bond donors (Lipinski definition) is 2. The smallest absolute Gasteiger partial charge is 0.155 e. The highest BCUT2D eigenvalue weighted by molar-refractivity contribution is 5.80. The number of amidine groups is 1. The van der Waals surface area contributed by atoms with Crippen LogP contribution < -0.4 is 0 Å². The molecule has 0 spiro atoms. The van der Waals surface area contributed by atoms with Crippen LogP contribution in [0.25, 0.3) is 0 Å². The molecule has 0 saturated heterocycles. The fraction of sp³-hybridized carbons (Fsp3) is 0.900. The van der Waals surface area contributed by atoms with Gasteiger partial charge < -0.3 is 10.2 Å². The number of aliphatic hydroxyl groups is 2. The molecule has 0 unspecified atom stereocenters. The minimum absolute atomic E-state index is 0.0771. The molecule has 0 aromatic rings. The van der Waals surface area contributed by atoms with E-state index in [2.05, 4.69) is 4.99 Å². The van der Waals surface area contributed by atoms with Crippen molar-refractivity contribution < 1.29 is 19.9 Å². The van der Waals surface area contributed by atoms with E-state index < -0.39 is 0 Å². The molecular weight excluding hydrogens is 212 g/mol. The van der Waals surface area contributed by atoms with E-state index >= 15 is 0 Å². The van der Waals surface area contributed by atoms with Crippen LogP contribution >= 0.6 is 0 Å². The zero-order valence-corrected chi connectivity index (χ0v) is 9.47. The van der Waals surface area contributed by atoms with Crippen LogP contribution in [0.5, 0.6) is 0 Å². The van der Waals surface area contributed by atoms with Crippen LogP contribution in [0.2, 0.25) is 0 Å². The highest BCUT2D eigenvalue weighted by atomic mass is 17.0. The first-order valence-corrected chi connectivity index (χ1v) is 5.69. The number of hydroxylamine groups is 2. The third kappa shape index (κ3) is 4.89. The first kappa shape index (κ1) is 13.4. The van der Waals surface area contributed by atoms with E-state index in [1.807, 2.05) is 0 Å². The van der Waals surface area contributed by atoms with Crippen molar-refractivity contribution in [1.29, 1.82) is 0 Å². The maximum absolute atomic E-state index is 8.70. The standard InChI is InChI=1S/C10H20N2O4/c13-6-8-15-12(16-9-7-14)10-4-2-1-3-5-11-10/h13-14H,1-9H2. The van der Waals surface area contributed by atoms with Crippen molar-refractivity contribution in [2.24, 2.45) is 4.99 Å². The fourth-order valence-electron chi connectivity index (χ4n) is 1.44. The van der Waals surface area contributed by atoms with Gasteiger partial charge in [-0.1, -0.05) is 6.42 Å². The molecule has 0 aliphatic carbocycles. The molecule has 0 atom stereocenters. The molecule has 1 heterocycles. The average Bonchev–Trinajstić information content (AvgIpc) is 2.58. The van der Waals surface area contributed by atoms with Crippen LogP contribution in [-0.4, -0.2) is 54.2 Å². The molecule has 1 aliphatic heterocycles. The number of hydrogen-bond acceptors (Lipinski definition) is 6. The summed E-state index contributed by atoms with van der Waals surface area (Å²) in [7, 11) is 0. The molecule has 6 heteroatoms. The summed E-state index contributed by atoms with van der Waals surface area (Å²) in [5.41, 5.74) is 0. The van der Waals surface area contributed by atoms with E-state index in [9.17, 15) is 0 Å². The highest BCUT2D eigenvalue weighted by Crippen LogP contribution is 2.11. The first-order chi connectivity index (χ1) is 7.88. The minimum atomic E-state index is -0.0771. The summed E-state index contributed by atoms with van der Waals surface area (Å²) in [4.78, 5) is 14.8. The fourth-order valence-corrected chi connectivity index (χ4v) is 1.44. The van der Waals surface area contributed by atoms with Gasteiger partial charge in [0, 0.05) is 13.0 Å². The molecule has 1 aliphatic rings. The molecule has 2 N–H and O–H groups in total. The van der Waals surface area contributed by atoms with E-state index in [4.69, 9.17) is 19.9 Å². The second-order valence-corrected chi connectivity index (χ2v) is 3.48. The molecule has 94 valence electrons. The average molecular weight is 232 g/mol. The lowest BCUT2D eigenvalue weighted by Gasteiger charge is -2.22. The van der Waals surface area contributed by atoms with Gasteiger partial charge in [0.1, 0.15) is 13.2 Å². The zero-order chi connectivity index (χ0) is 11.6. The number of nitrogens with zero attached hydrogens (tertiary/aromatic N) is 2. The SMILES string of the molecule is OCCON(OCCO)C1=NCCCCC1. The van der Waals surface area contributed by atoms with Gasteiger partial charge in [-0.05, 0) is 12.8 Å². The number of aliphatic imine (C=N–C) groups is 1. The Balaban J connectivity index is 2.47. The first-order valence-electron chi connectivity index (χ1n) is 5.69. The summed E-state index contributed by atoms with van der Waals surface area (Å²) in [6.07, 6.45) is 4.09. The van der Waals surface area contributed by atoms with Gasteiger partial charge in [-0.15, -0.1) is 5.23 Å². The second-order valence-electron chi connectivity index (χ2n) is 3.48. The normalized spacial score (nSPS) is 16.8. The molecular formula is C10H20N2O4. The van der Waals surface area contributed by atoms with Gasteiger partial charge in [-0.2, -0.15) is 0 Å². The van der Waals surface area contributed by atoms with Gasteiger partial charge in [0.25, 0.3) is 0 Å². The van der Waals surface area contributed by atoms with Crippen molar-refractivity contribution >= 4 is 5.84 Å². The minimum Gasteiger partial charge on any atom is -0.394 e. The van der Waals surface area contributed by atoms with Crippen molar-refractivity contribution in [3.8, 4) is 0 Å². The van der Waals surface area contributed by atoms with Crippen molar-refractivity contribution in [1.82, 2.24) is 5.23 Å². The molecule has 0 fully saturated rings. The van der Waals surface area contributed by atoms with E-state index in [1.165, 1.54) is 5.23 Å². The third-order valence-electron chi connectivity index (χ3n) is 2.16. The number of rotatable bonds is 6. The Labute approximate surface area is 95.4 Å². The quantitative estimate of drug-likeness (QED) is 0.636. The molecule has 0 aromatic heterocycles. The molecule has 0 aromatic carbocycles. The molecule has 0 saturated carbocycles. The lowest BCUT2D eigenvalue weighted by Crippen LogP contribution is -2.33. The topological polar surface area (TPSA) is 74.5 Å². The van der Waals surface area contributed by atoms with Crippen LogP contribution in [0.15, 0.2) is 4.99 Å². The summed E-state index contributed by atoms with van der Waals surface area (Å²) in [6, 6.07) is 0. The Morgan fingerprint density at radius 3 is 2.38 bits per heavy atom. The van der Waals surface area contributed by atoms with Crippen molar-refractivity contribution in [2.45, 2.75) is 25.7 Å². The number of aliphatic hydroxyl groups excluding tert-OH is 2. The van der Waals surface area contributed by atoms with Crippen molar-refractivity contribution in [3.63, 3.8) is 0 Å². The Bertz CT molecular complexity index is 203. The van der Waals surface area contributed by atoms with Gasteiger partial charge in [-0.3, -0.25) is 4.99 Å². The summed E-state index contributed by atoms with van der Waals surface area (Å²) in [6.45, 7) is 0.935.